The number of hydrogen-bond donors (Lipinski definition) is 0. The van der Waals surface area contributed by atoms with Crippen molar-refractivity contribution in [1.82, 2.24) is 14.7 Å². The second kappa shape index (κ2) is 7.94. The highest BCUT2D eigenvalue weighted by atomic mass is 16.6. The van der Waals surface area contributed by atoms with E-state index in [9.17, 15) is 9.59 Å². The molecule has 0 aromatic rings. The van der Waals surface area contributed by atoms with Crippen LogP contribution in [-0.2, 0) is 9.53 Å². The second-order valence-electron chi connectivity index (χ2n) is 7.71. The molecule has 6 nitrogen and oxygen atoms in total. The molecule has 0 aromatic heterocycles. The molecule has 6 heteroatoms. The van der Waals surface area contributed by atoms with Crippen molar-refractivity contribution in [2.45, 2.75) is 71.0 Å². The summed E-state index contributed by atoms with van der Waals surface area (Å²) in [6.07, 6.45) is 4.90. The fourth-order valence-electron chi connectivity index (χ4n) is 4.93. The van der Waals surface area contributed by atoms with Crippen molar-refractivity contribution in [3.05, 3.63) is 0 Å². The number of piperidine rings is 1. The number of rotatable bonds is 6. The number of carbonyl (C=O) groups excluding carboxylic acids is 2. The van der Waals surface area contributed by atoms with Crippen molar-refractivity contribution in [3.63, 3.8) is 0 Å². The van der Waals surface area contributed by atoms with Crippen LogP contribution in [0.25, 0.3) is 0 Å². The van der Waals surface area contributed by atoms with Crippen LogP contribution in [0.15, 0.2) is 0 Å². The number of carbonyl (C=O) groups is 2. The van der Waals surface area contributed by atoms with Gasteiger partial charge in [-0.15, -0.1) is 0 Å². The molecule has 3 fully saturated rings. The van der Waals surface area contributed by atoms with E-state index in [1.807, 2.05) is 30.6 Å². The molecule has 3 aliphatic rings. The molecule has 3 heterocycles. The normalized spacial score (nSPS) is 29.4. The Kier molecular flexibility index (Phi) is 5.87. The Hall–Kier alpha value is -1.30. The van der Waals surface area contributed by atoms with Gasteiger partial charge in [-0.05, 0) is 52.4 Å². The zero-order chi connectivity index (χ0) is 18.0. The maximum atomic E-state index is 12.2. The van der Waals surface area contributed by atoms with Crippen molar-refractivity contribution < 1.29 is 14.3 Å². The van der Waals surface area contributed by atoms with E-state index in [4.69, 9.17) is 4.74 Å². The van der Waals surface area contributed by atoms with E-state index >= 15 is 0 Å². The Bertz CT molecular complexity index is 474. The average Bonchev–Trinajstić information content (AvgIpc) is 2.82. The molecule has 0 spiro atoms. The maximum Gasteiger partial charge on any atom is 0.410 e. The Balaban J connectivity index is 1.46. The topological polar surface area (TPSA) is 53.1 Å². The summed E-state index contributed by atoms with van der Waals surface area (Å²) in [5.74, 6) is 0.806. The minimum absolute atomic E-state index is 0.125. The molecule has 142 valence electrons. The van der Waals surface area contributed by atoms with Crippen molar-refractivity contribution in [3.8, 4) is 0 Å². The van der Waals surface area contributed by atoms with E-state index in [0.29, 0.717) is 43.0 Å². The predicted octanol–water partition coefficient (Wildman–Crippen LogP) is 2.33. The van der Waals surface area contributed by atoms with Gasteiger partial charge in [-0.3, -0.25) is 9.69 Å². The number of hydrogen-bond acceptors (Lipinski definition) is 4. The summed E-state index contributed by atoms with van der Waals surface area (Å²) in [5.41, 5.74) is 0. The van der Waals surface area contributed by atoms with E-state index < -0.39 is 0 Å². The van der Waals surface area contributed by atoms with Crippen LogP contribution in [0.2, 0.25) is 0 Å². The predicted molar refractivity (Wildman–Crippen MR) is 96.3 cm³/mol. The van der Waals surface area contributed by atoms with Crippen molar-refractivity contribution >= 4 is 12.0 Å². The molecule has 0 N–H and O–H groups in total. The summed E-state index contributed by atoms with van der Waals surface area (Å²) in [5, 5.41) is 0. The van der Waals surface area contributed by atoms with Crippen LogP contribution < -0.4 is 0 Å². The van der Waals surface area contributed by atoms with Gasteiger partial charge in [0.25, 0.3) is 0 Å². The third kappa shape index (κ3) is 3.78. The molecule has 3 rings (SSSR count). The molecule has 0 radical (unpaired) electrons. The van der Waals surface area contributed by atoms with Crippen molar-refractivity contribution in [2.75, 3.05) is 32.8 Å². The van der Waals surface area contributed by atoms with Gasteiger partial charge < -0.3 is 14.5 Å². The van der Waals surface area contributed by atoms with Crippen LogP contribution in [0.5, 0.6) is 0 Å². The molecule has 2 atom stereocenters. The molecule has 3 saturated heterocycles. The lowest BCUT2D eigenvalue weighted by atomic mass is 9.88. The number of amides is 2. The first-order chi connectivity index (χ1) is 12.1. The minimum Gasteiger partial charge on any atom is -0.450 e. The van der Waals surface area contributed by atoms with Crippen molar-refractivity contribution in [1.29, 1.82) is 0 Å². The van der Waals surface area contributed by atoms with E-state index in [-0.39, 0.29) is 6.09 Å². The Morgan fingerprint density at radius 1 is 1.00 bits per heavy atom. The molecule has 0 saturated carbocycles. The van der Waals surface area contributed by atoms with Crippen LogP contribution >= 0.6 is 0 Å². The molecule has 2 unspecified atom stereocenters. The van der Waals surface area contributed by atoms with E-state index in [1.165, 1.54) is 0 Å². The van der Waals surface area contributed by atoms with Gasteiger partial charge in [0.05, 0.1) is 6.61 Å². The Morgan fingerprint density at radius 3 is 2.12 bits per heavy atom. The lowest BCUT2D eigenvalue weighted by molar-refractivity contribution is -0.133. The highest BCUT2D eigenvalue weighted by Crippen LogP contribution is 2.40. The molecule has 2 bridgehead atoms. The number of ether oxygens (including phenoxy) is 1. The van der Waals surface area contributed by atoms with Gasteiger partial charge in [0.1, 0.15) is 0 Å². The molecule has 0 aliphatic carbocycles. The lowest BCUT2D eigenvalue weighted by Gasteiger charge is -2.49. The van der Waals surface area contributed by atoms with Gasteiger partial charge in [-0.25, -0.2) is 4.79 Å². The first-order valence-electron chi connectivity index (χ1n) is 10.0. The van der Waals surface area contributed by atoms with Crippen molar-refractivity contribution in [2.24, 2.45) is 5.92 Å². The smallest absolute Gasteiger partial charge is 0.410 e. The van der Waals surface area contributed by atoms with E-state index in [1.54, 1.807) is 0 Å². The molecular formula is C19H33N3O3. The lowest BCUT2D eigenvalue weighted by Crippen LogP contribution is -2.59. The molecule has 25 heavy (non-hydrogen) atoms. The monoisotopic (exact) mass is 351 g/mol. The molecule has 3 aliphatic heterocycles. The van der Waals surface area contributed by atoms with Crippen LogP contribution in [0.1, 0.15) is 52.9 Å². The van der Waals surface area contributed by atoms with E-state index in [0.717, 1.165) is 51.9 Å². The SMILES string of the molecule is CCOC(=O)N1C2CCC1CC(N1CC(CC(=O)N(CC)CC)C1)C2. The third-order valence-corrected chi connectivity index (χ3v) is 6.27. The number of likely N-dealkylation sites (tertiary alicyclic amines) is 1. The summed E-state index contributed by atoms with van der Waals surface area (Å²) in [7, 11) is 0. The minimum atomic E-state index is -0.125. The number of nitrogens with zero attached hydrogens (tertiary/aromatic N) is 3. The summed E-state index contributed by atoms with van der Waals surface area (Å²) < 4.78 is 5.23. The van der Waals surface area contributed by atoms with Gasteiger partial charge in [0, 0.05) is 50.7 Å². The standard InChI is InChI=1S/C19H33N3O3/c1-4-20(5-2)18(23)9-14-12-21(13-14)17-10-15-7-8-16(11-17)22(15)19(24)25-6-3/h14-17H,4-13H2,1-3H3. The highest BCUT2D eigenvalue weighted by molar-refractivity contribution is 5.76. The quantitative estimate of drug-likeness (QED) is 0.737. The number of fused-ring (bicyclic) bond motifs is 2. The maximum absolute atomic E-state index is 12.2. The van der Waals surface area contributed by atoms with Crippen LogP contribution in [0.3, 0.4) is 0 Å². The molecule has 2 amide bonds. The Morgan fingerprint density at radius 2 is 1.60 bits per heavy atom. The van der Waals surface area contributed by atoms with Gasteiger partial charge in [0.2, 0.25) is 5.91 Å². The zero-order valence-electron chi connectivity index (χ0n) is 15.9. The summed E-state index contributed by atoms with van der Waals surface area (Å²) in [4.78, 5) is 30.9. The zero-order valence-corrected chi connectivity index (χ0v) is 15.9. The van der Waals surface area contributed by atoms with Crippen LogP contribution in [0, 0.1) is 5.92 Å². The van der Waals surface area contributed by atoms with Crippen LogP contribution in [-0.4, -0.2) is 77.6 Å². The first kappa shape index (κ1) is 18.5. The fourth-order valence-corrected chi connectivity index (χ4v) is 4.93. The summed E-state index contributed by atoms with van der Waals surface area (Å²) in [6, 6.07) is 1.27. The van der Waals surface area contributed by atoms with Gasteiger partial charge in [0.15, 0.2) is 0 Å². The van der Waals surface area contributed by atoms with Gasteiger partial charge in [-0.2, -0.15) is 0 Å². The first-order valence-corrected chi connectivity index (χ1v) is 10.0. The van der Waals surface area contributed by atoms with Gasteiger partial charge >= 0.3 is 6.09 Å². The Labute approximate surface area is 151 Å². The summed E-state index contributed by atoms with van der Waals surface area (Å²) in [6.45, 7) is 10.1. The van der Waals surface area contributed by atoms with Crippen LogP contribution in [0.4, 0.5) is 4.79 Å². The largest absolute Gasteiger partial charge is 0.450 e. The van der Waals surface area contributed by atoms with Gasteiger partial charge in [-0.1, -0.05) is 0 Å². The highest BCUT2D eigenvalue weighted by Gasteiger charge is 2.47. The third-order valence-electron chi connectivity index (χ3n) is 6.27. The second-order valence-corrected chi connectivity index (χ2v) is 7.71. The average molecular weight is 351 g/mol. The molecule has 0 aromatic carbocycles. The van der Waals surface area contributed by atoms with E-state index in [2.05, 4.69) is 4.90 Å². The molecular weight excluding hydrogens is 318 g/mol. The fraction of sp³-hybridized carbons (Fsp3) is 0.895. The summed E-state index contributed by atoms with van der Waals surface area (Å²) >= 11 is 0.